The molecular formula is C12H4Br4F4N4S. The van der Waals surface area contributed by atoms with E-state index in [2.05, 4.69) is 72.5 Å². The van der Waals surface area contributed by atoms with Crippen LogP contribution in [0.1, 0.15) is 0 Å². The van der Waals surface area contributed by atoms with E-state index in [1.54, 1.807) is 0 Å². The zero-order chi connectivity index (χ0) is 19.0. The average molecular weight is 632 g/mol. The number of aromatic nitrogens is 2. The molecule has 0 saturated heterocycles. The van der Waals surface area contributed by atoms with Crippen molar-refractivity contribution in [1.82, 2.24) is 8.75 Å². The van der Waals surface area contributed by atoms with Gasteiger partial charge in [-0.05, 0) is 63.7 Å². The second-order valence-electron chi connectivity index (χ2n) is 4.30. The number of nitrogen functional groups attached to an aromatic ring is 2. The van der Waals surface area contributed by atoms with Crippen molar-refractivity contribution in [3.63, 3.8) is 0 Å². The molecule has 4 N–H and O–H groups in total. The van der Waals surface area contributed by atoms with Crippen LogP contribution in [0.4, 0.5) is 28.9 Å². The van der Waals surface area contributed by atoms with Crippen LogP contribution < -0.4 is 11.5 Å². The highest BCUT2D eigenvalue weighted by atomic mass is 79.9. The summed E-state index contributed by atoms with van der Waals surface area (Å²) in [6.07, 6.45) is 0. The molecular weight excluding hydrogens is 628 g/mol. The fourth-order valence-electron chi connectivity index (χ4n) is 1.54. The second-order valence-corrected chi connectivity index (χ2v) is 8.00. The van der Waals surface area contributed by atoms with Crippen molar-refractivity contribution in [2.24, 2.45) is 0 Å². The normalized spacial score (nSPS) is 10.7. The maximum absolute atomic E-state index is 13.1. The number of nitrogens with zero attached hydrogens (tertiary/aromatic N) is 2. The Labute approximate surface area is 175 Å². The number of benzene rings is 2. The fourth-order valence-corrected chi connectivity index (χ4v) is 4.01. The fraction of sp³-hybridized carbons (Fsp3) is 0. The molecule has 25 heavy (non-hydrogen) atoms. The molecule has 2 aromatic carbocycles. The van der Waals surface area contributed by atoms with Gasteiger partial charge in [-0.2, -0.15) is 8.75 Å². The predicted molar refractivity (Wildman–Crippen MR) is 103 cm³/mol. The predicted octanol–water partition coefficient (Wildman–Crippen LogP) is 6.15. The van der Waals surface area contributed by atoms with Gasteiger partial charge in [-0.15, -0.1) is 0 Å². The minimum absolute atomic E-state index is 0.0111. The lowest BCUT2D eigenvalue weighted by atomic mass is 10.2. The molecule has 0 radical (unpaired) electrons. The quantitative estimate of drug-likeness (QED) is 0.135. The summed E-state index contributed by atoms with van der Waals surface area (Å²) >= 11 is 12.3. The molecule has 3 aromatic rings. The van der Waals surface area contributed by atoms with E-state index in [1.165, 1.54) is 0 Å². The lowest BCUT2D eigenvalue weighted by Gasteiger charge is -2.07. The molecule has 0 aliphatic heterocycles. The second kappa shape index (κ2) is 8.03. The Morgan fingerprint density at radius 1 is 0.600 bits per heavy atom. The SMILES string of the molecule is Fc1c(F)c(Br)c2nsnc2c1Br.Nc1c(N)c(Br)c(F)c(F)c1Br. The van der Waals surface area contributed by atoms with Crippen molar-refractivity contribution in [1.29, 1.82) is 0 Å². The third kappa shape index (κ3) is 3.80. The van der Waals surface area contributed by atoms with E-state index in [0.29, 0.717) is 11.0 Å². The van der Waals surface area contributed by atoms with E-state index in [9.17, 15) is 17.6 Å². The Hall–Kier alpha value is -0.500. The molecule has 0 spiro atoms. The highest BCUT2D eigenvalue weighted by molar-refractivity contribution is 9.11. The van der Waals surface area contributed by atoms with Gasteiger partial charge in [0, 0.05) is 0 Å². The van der Waals surface area contributed by atoms with Crippen LogP contribution >= 0.6 is 75.4 Å². The van der Waals surface area contributed by atoms with Gasteiger partial charge in [0.1, 0.15) is 11.0 Å². The number of anilines is 2. The maximum atomic E-state index is 13.1. The molecule has 0 aliphatic rings. The van der Waals surface area contributed by atoms with Crippen molar-refractivity contribution in [2.75, 3.05) is 11.5 Å². The van der Waals surface area contributed by atoms with E-state index in [4.69, 9.17) is 11.5 Å². The summed E-state index contributed by atoms with van der Waals surface area (Å²) in [5.74, 6) is -4.00. The summed E-state index contributed by atoms with van der Waals surface area (Å²) in [5.41, 5.74) is 11.3. The van der Waals surface area contributed by atoms with Gasteiger partial charge in [0.05, 0.1) is 41.0 Å². The highest BCUT2D eigenvalue weighted by Gasteiger charge is 2.19. The first-order valence-corrected chi connectivity index (χ1v) is 9.80. The molecule has 13 heteroatoms. The summed E-state index contributed by atoms with van der Waals surface area (Å²) < 4.78 is 59.2. The zero-order valence-corrected chi connectivity index (χ0v) is 18.6. The first kappa shape index (κ1) is 20.8. The third-order valence-electron chi connectivity index (χ3n) is 2.82. The number of rotatable bonds is 0. The minimum Gasteiger partial charge on any atom is -0.396 e. The van der Waals surface area contributed by atoms with Gasteiger partial charge in [-0.1, -0.05) is 0 Å². The number of nitrogens with two attached hydrogens (primary N) is 2. The number of hydrogen-bond donors (Lipinski definition) is 2. The summed E-state index contributed by atoms with van der Waals surface area (Å²) in [5, 5.41) is 0. The van der Waals surface area contributed by atoms with E-state index in [0.717, 1.165) is 11.7 Å². The molecule has 0 amide bonds. The molecule has 0 fully saturated rings. The molecule has 0 saturated carbocycles. The molecule has 1 aromatic heterocycles. The average Bonchev–Trinajstić information content (AvgIpc) is 3.10. The molecule has 4 nitrogen and oxygen atoms in total. The third-order valence-corrected chi connectivity index (χ3v) is 6.35. The summed E-state index contributed by atoms with van der Waals surface area (Å²) in [4.78, 5) is 0. The van der Waals surface area contributed by atoms with Gasteiger partial charge in [-0.3, -0.25) is 0 Å². The van der Waals surface area contributed by atoms with Crippen LogP contribution in [0.2, 0.25) is 0 Å². The topological polar surface area (TPSA) is 77.8 Å². The highest BCUT2D eigenvalue weighted by Crippen LogP contribution is 2.37. The van der Waals surface area contributed by atoms with Crippen molar-refractivity contribution in [3.05, 3.63) is 41.2 Å². The summed E-state index contributed by atoms with van der Waals surface area (Å²) in [7, 11) is 0. The molecule has 3 rings (SSSR count). The standard InChI is InChI=1S/C6Br2F2N2S.C6H4Br2F2N2/c7-1-3(9)4(10)2(8)6-5(1)11-13-12-6;7-1-3(9)4(10)2(8)6(12)5(1)11/h;11-12H2. The molecule has 0 aliphatic carbocycles. The first-order chi connectivity index (χ1) is 11.6. The Bertz CT molecular complexity index is 835. The monoisotopic (exact) mass is 628 g/mol. The van der Waals surface area contributed by atoms with Gasteiger partial charge >= 0.3 is 0 Å². The van der Waals surface area contributed by atoms with Crippen LogP contribution in [0.5, 0.6) is 0 Å². The first-order valence-electron chi connectivity index (χ1n) is 5.90. The largest absolute Gasteiger partial charge is 0.396 e. The van der Waals surface area contributed by atoms with E-state index >= 15 is 0 Å². The van der Waals surface area contributed by atoms with Crippen LogP contribution in [0.15, 0.2) is 17.9 Å². The van der Waals surface area contributed by atoms with Crippen molar-refractivity contribution in [2.45, 2.75) is 0 Å². The van der Waals surface area contributed by atoms with Crippen LogP contribution in [0.3, 0.4) is 0 Å². The summed E-state index contributed by atoms with van der Waals surface area (Å²) in [6.45, 7) is 0. The number of hydrogen-bond acceptors (Lipinski definition) is 5. The number of fused-ring (bicyclic) bond motifs is 1. The molecule has 134 valence electrons. The Kier molecular flexibility index (Phi) is 6.68. The van der Waals surface area contributed by atoms with Gasteiger partial charge in [0.25, 0.3) is 0 Å². The van der Waals surface area contributed by atoms with E-state index in [-0.39, 0.29) is 29.3 Å². The molecule has 0 atom stereocenters. The van der Waals surface area contributed by atoms with Crippen molar-refractivity contribution >= 4 is 97.9 Å². The molecule has 0 unspecified atom stereocenters. The maximum Gasteiger partial charge on any atom is 0.176 e. The van der Waals surface area contributed by atoms with Gasteiger partial charge in [-0.25, -0.2) is 17.6 Å². The lowest BCUT2D eigenvalue weighted by molar-refractivity contribution is 0.501. The van der Waals surface area contributed by atoms with E-state index < -0.39 is 23.3 Å². The zero-order valence-electron chi connectivity index (χ0n) is 11.5. The van der Waals surface area contributed by atoms with Gasteiger partial charge in [0.15, 0.2) is 23.3 Å². The van der Waals surface area contributed by atoms with Crippen molar-refractivity contribution in [3.8, 4) is 0 Å². The summed E-state index contributed by atoms with van der Waals surface area (Å²) in [6, 6.07) is 0. The van der Waals surface area contributed by atoms with Gasteiger partial charge < -0.3 is 11.5 Å². The molecule has 1 heterocycles. The van der Waals surface area contributed by atoms with E-state index in [1.807, 2.05) is 0 Å². The lowest BCUT2D eigenvalue weighted by Crippen LogP contribution is -2.02. The minimum atomic E-state index is -1.05. The van der Waals surface area contributed by atoms with Crippen molar-refractivity contribution < 1.29 is 17.6 Å². The number of halogens is 8. The van der Waals surface area contributed by atoms with Crippen LogP contribution in [0.25, 0.3) is 11.0 Å². The molecule has 0 bridgehead atoms. The Morgan fingerprint density at radius 3 is 1.20 bits per heavy atom. The van der Waals surface area contributed by atoms with Gasteiger partial charge in [0.2, 0.25) is 0 Å². The van der Waals surface area contributed by atoms with Crippen LogP contribution in [0, 0.1) is 23.3 Å². The Balaban J connectivity index is 0.000000181. The smallest absolute Gasteiger partial charge is 0.176 e. The Morgan fingerprint density at radius 2 is 0.880 bits per heavy atom. The van der Waals surface area contributed by atoms with Crippen LogP contribution in [-0.4, -0.2) is 8.75 Å². The van der Waals surface area contributed by atoms with Crippen LogP contribution in [-0.2, 0) is 0 Å².